The maximum atomic E-state index is 5.02. The van der Waals surface area contributed by atoms with E-state index in [1.54, 1.807) is 27.7 Å². The summed E-state index contributed by atoms with van der Waals surface area (Å²) in [4.78, 5) is 9.25. The Balaban J connectivity index is 3.66. The zero-order chi connectivity index (χ0) is 13.6. The minimum atomic E-state index is -0.985. The molecule has 0 aromatic rings. The highest BCUT2D eigenvalue weighted by Crippen LogP contribution is 2.02. The fourth-order valence-electron chi connectivity index (χ4n) is 0.848. The molecular weight excluding hydrogens is 248 g/mol. The molecule has 0 saturated heterocycles. The normalized spacial score (nSPS) is 11.7. The SMILES string of the molecule is CCOC(OCC)OOOOC(OCC)OCC. The lowest BCUT2D eigenvalue weighted by atomic mass is 10.8. The highest BCUT2D eigenvalue weighted by Gasteiger charge is 2.13. The molecule has 0 spiro atoms. The molecule has 0 aromatic heterocycles. The van der Waals surface area contributed by atoms with Crippen LogP contribution in [0.1, 0.15) is 27.7 Å². The molecule has 8 nitrogen and oxygen atoms in total. The van der Waals surface area contributed by atoms with Crippen molar-refractivity contribution in [2.45, 2.75) is 40.6 Å². The predicted molar refractivity (Wildman–Crippen MR) is 58.4 cm³/mol. The molecular formula is C10H22O8. The second kappa shape index (κ2) is 13.1. The van der Waals surface area contributed by atoms with Crippen LogP contribution in [-0.4, -0.2) is 39.4 Å². The molecule has 18 heavy (non-hydrogen) atoms. The summed E-state index contributed by atoms with van der Waals surface area (Å²) in [5.74, 6) is 0. The molecule has 110 valence electrons. The Labute approximate surface area is 107 Å². The second-order valence-corrected chi connectivity index (χ2v) is 2.73. The van der Waals surface area contributed by atoms with Crippen molar-refractivity contribution < 1.29 is 38.8 Å². The summed E-state index contributed by atoms with van der Waals surface area (Å²) in [5.41, 5.74) is 0. The predicted octanol–water partition coefficient (Wildman–Crippen LogP) is 1.51. The maximum Gasteiger partial charge on any atom is 0.304 e. The van der Waals surface area contributed by atoms with Gasteiger partial charge < -0.3 is 18.9 Å². The lowest BCUT2D eigenvalue weighted by Gasteiger charge is -2.16. The van der Waals surface area contributed by atoms with Gasteiger partial charge in [-0.25, -0.2) is 0 Å². The van der Waals surface area contributed by atoms with Crippen LogP contribution in [0.25, 0.3) is 0 Å². The Hall–Kier alpha value is -0.320. The number of hydrogen-bond donors (Lipinski definition) is 0. The first-order chi connectivity index (χ1) is 8.78. The van der Waals surface area contributed by atoms with Crippen LogP contribution in [0.5, 0.6) is 0 Å². The van der Waals surface area contributed by atoms with Gasteiger partial charge in [0.15, 0.2) is 0 Å². The topological polar surface area (TPSA) is 73.8 Å². The fraction of sp³-hybridized carbons (Fsp3) is 1.00. The van der Waals surface area contributed by atoms with Gasteiger partial charge in [0, 0.05) is 26.4 Å². The van der Waals surface area contributed by atoms with E-state index < -0.39 is 13.0 Å². The number of ether oxygens (including phenoxy) is 4. The van der Waals surface area contributed by atoms with Crippen molar-refractivity contribution in [1.82, 2.24) is 0 Å². The summed E-state index contributed by atoms with van der Waals surface area (Å²) in [6.45, 7) is 6.76. The third-order valence-corrected chi connectivity index (χ3v) is 1.47. The molecule has 0 atom stereocenters. The fourth-order valence-corrected chi connectivity index (χ4v) is 0.848. The number of rotatable bonds is 13. The Kier molecular flexibility index (Phi) is 12.9. The standard InChI is InChI=1S/C10H22O8/c1-5-11-9(12-6-2)15-17-18-16-10(13-7-3)14-8-4/h9-10H,5-8H2,1-4H3. The first-order valence-corrected chi connectivity index (χ1v) is 5.90. The average Bonchev–Trinajstić information content (AvgIpc) is 2.35. The monoisotopic (exact) mass is 270 g/mol. The van der Waals surface area contributed by atoms with Gasteiger partial charge in [-0.05, 0) is 37.8 Å². The van der Waals surface area contributed by atoms with Gasteiger partial charge in [-0.3, -0.25) is 0 Å². The molecule has 0 N–H and O–H groups in total. The molecule has 0 rings (SSSR count). The van der Waals surface area contributed by atoms with Crippen molar-refractivity contribution in [3.05, 3.63) is 0 Å². The van der Waals surface area contributed by atoms with Crippen LogP contribution < -0.4 is 0 Å². The molecule has 0 amide bonds. The first kappa shape index (κ1) is 17.7. The van der Waals surface area contributed by atoms with E-state index in [4.69, 9.17) is 18.9 Å². The zero-order valence-corrected chi connectivity index (χ0v) is 11.2. The molecule has 0 bridgehead atoms. The molecule has 0 heterocycles. The van der Waals surface area contributed by atoms with Crippen molar-refractivity contribution >= 4 is 0 Å². The molecule has 8 heteroatoms. The highest BCUT2D eigenvalue weighted by molar-refractivity contribution is 4.19. The van der Waals surface area contributed by atoms with Gasteiger partial charge >= 0.3 is 13.0 Å². The highest BCUT2D eigenvalue weighted by atomic mass is 17.7. The molecule has 0 aliphatic rings. The summed E-state index contributed by atoms with van der Waals surface area (Å²) >= 11 is 0. The molecule has 0 radical (unpaired) electrons. The molecule has 0 fully saturated rings. The average molecular weight is 270 g/mol. The summed E-state index contributed by atoms with van der Waals surface area (Å²) in [5, 5.41) is 8.58. The molecule has 0 aliphatic heterocycles. The van der Waals surface area contributed by atoms with Crippen molar-refractivity contribution in [1.29, 1.82) is 0 Å². The van der Waals surface area contributed by atoms with Crippen LogP contribution >= 0.6 is 0 Å². The third kappa shape index (κ3) is 9.68. The Morgan fingerprint density at radius 1 is 0.556 bits per heavy atom. The lowest BCUT2D eigenvalue weighted by Crippen LogP contribution is -2.24. The van der Waals surface area contributed by atoms with E-state index >= 15 is 0 Å². The van der Waals surface area contributed by atoms with Crippen molar-refractivity contribution in [3.8, 4) is 0 Å². The van der Waals surface area contributed by atoms with E-state index in [1.807, 2.05) is 0 Å². The summed E-state index contributed by atoms with van der Waals surface area (Å²) in [6, 6.07) is 0. The lowest BCUT2D eigenvalue weighted by molar-refractivity contribution is -0.690. The minimum Gasteiger partial charge on any atom is -0.328 e. The van der Waals surface area contributed by atoms with E-state index in [0.717, 1.165) is 0 Å². The van der Waals surface area contributed by atoms with Crippen LogP contribution in [0.2, 0.25) is 0 Å². The van der Waals surface area contributed by atoms with Crippen molar-refractivity contribution in [2.24, 2.45) is 0 Å². The third-order valence-electron chi connectivity index (χ3n) is 1.47. The molecule has 0 aromatic carbocycles. The quantitative estimate of drug-likeness (QED) is 0.216. The van der Waals surface area contributed by atoms with Crippen LogP contribution in [0.15, 0.2) is 0 Å². The zero-order valence-electron chi connectivity index (χ0n) is 11.2. The molecule has 0 unspecified atom stereocenters. The minimum absolute atomic E-state index is 0.398. The summed E-state index contributed by atoms with van der Waals surface area (Å²) in [7, 11) is 0. The summed E-state index contributed by atoms with van der Waals surface area (Å²) in [6.07, 6.45) is 0. The Bertz CT molecular complexity index is 138. The van der Waals surface area contributed by atoms with Gasteiger partial charge in [-0.15, -0.1) is 9.78 Å². The van der Waals surface area contributed by atoms with Crippen molar-refractivity contribution in [2.75, 3.05) is 26.4 Å². The van der Waals surface area contributed by atoms with E-state index in [9.17, 15) is 0 Å². The van der Waals surface area contributed by atoms with E-state index in [2.05, 4.69) is 19.9 Å². The maximum absolute atomic E-state index is 5.02. The first-order valence-electron chi connectivity index (χ1n) is 5.90. The van der Waals surface area contributed by atoms with Gasteiger partial charge in [-0.2, -0.15) is 0 Å². The van der Waals surface area contributed by atoms with Gasteiger partial charge in [0.05, 0.1) is 0 Å². The van der Waals surface area contributed by atoms with E-state index in [1.165, 1.54) is 0 Å². The van der Waals surface area contributed by atoms with Crippen LogP contribution in [-0.2, 0) is 38.8 Å². The van der Waals surface area contributed by atoms with Crippen LogP contribution in [0.4, 0.5) is 0 Å². The van der Waals surface area contributed by atoms with Crippen LogP contribution in [0, 0.1) is 0 Å². The van der Waals surface area contributed by atoms with Gasteiger partial charge in [0.2, 0.25) is 0 Å². The van der Waals surface area contributed by atoms with Gasteiger partial charge in [0.25, 0.3) is 0 Å². The van der Waals surface area contributed by atoms with Crippen molar-refractivity contribution in [3.63, 3.8) is 0 Å². The molecule has 0 saturated carbocycles. The van der Waals surface area contributed by atoms with E-state index in [0.29, 0.717) is 26.4 Å². The van der Waals surface area contributed by atoms with Gasteiger partial charge in [-0.1, -0.05) is 0 Å². The second-order valence-electron chi connectivity index (χ2n) is 2.73. The largest absolute Gasteiger partial charge is 0.328 e. The smallest absolute Gasteiger partial charge is 0.304 e. The Morgan fingerprint density at radius 2 is 0.833 bits per heavy atom. The van der Waals surface area contributed by atoms with E-state index in [-0.39, 0.29) is 0 Å². The molecule has 0 aliphatic carbocycles. The number of hydrogen-bond acceptors (Lipinski definition) is 8. The Morgan fingerprint density at radius 3 is 1.06 bits per heavy atom. The summed E-state index contributed by atoms with van der Waals surface area (Å²) < 4.78 is 20.1. The van der Waals surface area contributed by atoms with Crippen LogP contribution in [0.3, 0.4) is 0 Å². The van der Waals surface area contributed by atoms with Gasteiger partial charge in [0.1, 0.15) is 0 Å².